The summed E-state index contributed by atoms with van der Waals surface area (Å²) in [6.45, 7) is -0.296. The number of hydrogen-bond acceptors (Lipinski definition) is 5. The van der Waals surface area contributed by atoms with Crippen molar-refractivity contribution in [2.24, 2.45) is 0 Å². The lowest BCUT2D eigenvalue weighted by Crippen LogP contribution is -2.30. The molecule has 2 aromatic carbocycles. The smallest absolute Gasteiger partial charge is 0.343 e. The van der Waals surface area contributed by atoms with E-state index in [1.807, 2.05) is 0 Å². The molecule has 3 amide bonds. The Kier molecular flexibility index (Phi) is 6.01. The van der Waals surface area contributed by atoms with Gasteiger partial charge in [-0.1, -0.05) is 29.8 Å². The summed E-state index contributed by atoms with van der Waals surface area (Å²) in [7, 11) is 1.25. The number of para-hydroxylation sites is 1. The third kappa shape index (κ3) is 4.18. The van der Waals surface area contributed by atoms with E-state index < -0.39 is 17.9 Å². The first-order chi connectivity index (χ1) is 13.4. The molecule has 0 unspecified atom stereocenters. The van der Waals surface area contributed by atoms with Crippen molar-refractivity contribution in [3.63, 3.8) is 0 Å². The van der Waals surface area contributed by atoms with Gasteiger partial charge in [0.2, 0.25) is 0 Å². The quantitative estimate of drug-likeness (QED) is 0.413. The number of ether oxygens (including phenoxy) is 2. The highest BCUT2D eigenvalue weighted by Crippen LogP contribution is 2.35. The van der Waals surface area contributed by atoms with Crippen molar-refractivity contribution in [1.82, 2.24) is 5.32 Å². The van der Waals surface area contributed by atoms with E-state index in [1.165, 1.54) is 13.2 Å². The van der Waals surface area contributed by atoms with E-state index >= 15 is 0 Å². The number of hydrogen-bond donors (Lipinski definition) is 1. The molecule has 0 bridgehead atoms. The summed E-state index contributed by atoms with van der Waals surface area (Å²) < 4.78 is 10.3. The molecule has 28 heavy (non-hydrogen) atoms. The van der Waals surface area contributed by atoms with Crippen molar-refractivity contribution in [2.75, 3.05) is 18.6 Å². The van der Waals surface area contributed by atoms with E-state index in [4.69, 9.17) is 16.3 Å². The fraction of sp³-hybridized carbons (Fsp3) is 0.105. The van der Waals surface area contributed by atoms with Crippen LogP contribution in [-0.4, -0.2) is 31.6 Å². The van der Waals surface area contributed by atoms with Crippen LogP contribution in [0.3, 0.4) is 0 Å². The van der Waals surface area contributed by atoms with Crippen LogP contribution in [0.25, 0.3) is 6.08 Å². The molecular formula is C19H14BrClN2O5. The molecular weight excluding hydrogens is 452 g/mol. The Morgan fingerprint density at radius 2 is 1.96 bits per heavy atom. The summed E-state index contributed by atoms with van der Waals surface area (Å²) in [6.07, 6.45) is 1.50. The zero-order valence-corrected chi connectivity index (χ0v) is 16.9. The van der Waals surface area contributed by atoms with Crippen LogP contribution >= 0.6 is 27.5 Å². The number of benzene rings is 2. The summed E-state index contributed by atoms with van der Waals surface area (Å²) in [6, 6.07) is 11.3. The number of urea groups is 1. The lowest BCUT2D eigenvalue weighted by atomic mass is 10.1. The number of nitrogens with zero attached hydrogens (tertiary/aromatic N) is 1. The minimum absolute atomic E-state index is 0.111. The van der Waals surface area contributed by atoms with Crippen LogP contribution in [-0.2, 0) is 14.3 Å². The van der Waals surface area contributed by atoms with Gasteiger partial charge in [-0.15, -0.1) is 0 Å². The zero-order valence-electron chi connectivity index (χ0n) is 14.6. The SMILES string of the molecule is COC(=O)COc1c(Cl)cc(C=C2NC(=O)N(c3ccccc3)C2=O)cc1Br. The lowest BCUT2D eigenvalue weighted by molar-refractivity contribution is -0.142. The largest absolute Gasteiger partial charge is 0.479 e. The minimum atomic E-state index is -0.547. The lowest BCUT2D eigenvalue weighted by Gasteiger charge is -2.11. The van der Waals surface area contributed by atoms with Crippen LogP contribution in [0.15, 0.2) is 52.6 Å². The number of amides is 3. The van der Waals surface area contributed by atoms with Gasteiger partial charge in [0.1, 0.15) is 5.70 Å². The molecule has 0 saturated carbocycles. The second-order valence-corrected chi connectivity index (χ2v) is 6.90. The standard InChI is InChI=1S/C19H14BrClN2O5/c1-27-16(24)10-28-17-13(20)7-11(8-14(17)21)9-15-18(25)23(19(26)22-15)12-5-3-2-4-6-12/h2-9H,10H2,1H3,(H,22,26). The normalized spacial score (nSPS) is 15.0. The third-order valence-electron chi connectivity index (χ3n) is 3.79. The molecule has 1 aliphatic rings. The second kappa shape index (κ2) is 8.45. The molecule has 144 valence electrons. The molecule has 0 spiro atoms. The van der Waals surface area contributed by atoms with Crippen LogP contribution < -0.4 is 15.0 Å². The third-order valence-corrected chi connectivity index (χ3v) is 4.66. The minimum Gasteiger partial charge on any atom is -0.479 e. The maximum Gasteiger partial charge on any atom is 0.343 e. The van der Waals surface area contributed by atoms with E-state index in [2.05, 4.69) is 26.0 Å². The van der Waals surface area contributed by atoms with Crippen LogP contribution in [0.2, 0.25) is 5.02 Å². The van der Waals surface area contributed by atoms with Crippen molar-refractivity contribution in [2.45, 2.75) is 0 Å². The van der Waals surface area contributed by atoms with Gasteiger partial charge in [-0.3, -0.25) is 4.79 Å². The highest BCUT2D eigenvalue weighted by atomic mass is 79.9. The number of anilines is 1. The zero-order chi connectivity index (χ0) is 20.3. The highest BCUT2D eigenvalue weighted by Gasteiger charge is 2.34. The summed E-state index contributed by atoms with van der Waals surface area (Å²) in [4.78, 5) is 37.1. The molecule has 1 fully saturated rings. The summed E-state index contributed by atoms with van der Waals surface area (Å²) in [5.74, 6) is -0.759. The summed E-state index contributed by atoms with van der Waals surface area (Å²) in [5.41, 5.74) is 1.14. The molecule has 7 nitrogen and oxygen atoms in total. The van der Waals surface area contributed by atoms with Crippen LogP contribution in [0.5, 0.6) is 5.75 Å². The van der Waals surface area contributed by atoms with E-state index in [0.29, 0.717) is 15.7 Å². The number of carbonyl (C=O) groups excluding carboxylic acids is 3. The average Bonchev–Trinajstić information content (AvgIpc) is 2.94. The molecule has 1 heterocycles. The van der Waals surface area contributed by atoms with E-state index in [1.54, 1.807) is 42.5 Å². The predicted octanol–water partition coefficient (Wildman–Crippen LogP) is 3.75. The van der Waals surface area contributed by atoms with Crippen molar-refractivity contribution < 1.29 is 23.9 Å². The Morgan fingerprint density at radius 1 is 1.25 bits per heavy atom. The molecule has 1 aliphatic heterocycles. The fourth-order valence-corrected chi connectivity index (χ4v) is 3.49. The average molecular weight is 466 g/mol. The van der Waals surface area contributed by atoms with Crippen molar-refractivity contribution in [3.8, 4) is 5.75 Å². The van der Waals surface area contributed by atoms with Gasteiger partial charge >= 0.3 is 12.0 Å². The molecule has 3 rings (SSSR count). The molecule has 2 aromatic rings. The van der Waals surface area contributed by atoms with Crippen LogP contribution in [0, 0.1) is 0 Å². The van der Waals surface area contributed by atoms with E-state index in [9.17, 15) is 14.4 Å². The van der Waals surface area contributed by atoms with Gasteiger partial charge in [-0.25, -0.2) is 14.5 Å². The molecule has 0 aromatic heterocycles. The Labute approximate surface area is 174 Å². The molecule has 1 N–H and O–H groups in total. The Morgan fingerprint density at radius 3 is 2.61 bits per heavy atom. The first-order valence-electron chi connectivity index (χ1n) is 8.01. The van der Waals surface area contributed by atoms with Gasteiger partial charge in [-0.05, 0) is 51.8 Å². The maximum absolute atomic E-state index is 12.6. The van der Waals surface area contributed by atoms with Gasteiger partial charge in [0.15, 0.2) is 12.4 Å². The number of methoxy groups -OCH3 is 1. The van der Waals surface area contributed by atoms with Gasteiger partial charge in [0.05, 0.1) is 22.3 Å². The van der Waals surface area contributed by atoms with E-state index in [-0.39, 0.29) is 23.1 Å². The second-order valence-electron chi connectivity index (χ2n) is 5.64. The molecule has 0 aliphatic carbocycles. The van der Waals surface area contributed by atoms with Gasteiger partial charge < -0.3 is 14.8 Å². The first-order valence-corrected chi connectivity index (χ1v) is 9.18. The monoisotopic (exact) mass is 464 g/mol. The molecule has 9 heteroatoms. The van der Waals surface area contributed by atoms with Crippen molar-refractivity contribution in [3.05, 3.63) is 63.2 Å². The Hall–Kier alpha value is -2.84. The Balaban J connectivity index is 1.85. The molecule has 1 saturated heterocycles. The summed E-state index contributed by atoms with van der Waals surface area (Å²) >= 11 is 9.54. The van der Waals surface area contributed by atoms with E-state index in [0.717, 1.165) is 4.90 Å². The first kappa shape index (κ1) is 19.9. The number of halogens is 2. The number of nitrogens with one attached hydrogen (secondary N) is 1. The number of imide groups is 1. The summed E-state index contributed by atoms with van der Waals surface area (Å²) in [5, 5.41) is 2.77. The highest BCUT2D eigenvalue weighted by molar-refractivity contribution is 9.10. The molecule has 0 radical (unpaired) electrons. The molecule has 0 atom stereocenters. The van der Waals surface area contributed by atoms with Crippen LogP contribution in [0.4, 0.5) is 10.5 Å². The van der Waals surface area contributed by atoms with Gasteiger partial charge in [0.25, 0.3) is 5.91 Å². The van der Waals surface area contributed by atoms with Crippen molar-refractivity contribution >= 4 is 57.2 Å². The fourth-order valence-electron chi connectivity index (χ4n) is 2.50. The Bertz CT molecular complexity index is 955. The van der Waals surface area contributed by atoms with Gasteiger partial charge in [0, 0.05) is 0 Å². The van der Waals surface area contributed by atoms with Gasteiger partial charge in [-0.2, -0.15) is 0 Å². The van der Waals surface area contributed by atoms with Crippen LogP contribution in [0.1, 0.15) is 5.56 Å². The van der Waals surface area contributed by atoms with Crippen molar-refractivity contribution in [1.29, 1.82) is 0 Å². The number of carbonyl (C=O) groups is 3. The number of esters is 1. The topological polar surface area (TPSA) is 84.9 Å². The predicted molar refractivity (Wildman–Crippen MR) is 107 cm³/mol. The maximum atomic E-state index is 12.6. The number of rotatable bonds is 5.